The Kier molecular flexibility index (Phi) is 5.40. The van der Waals surface area contributed by atoms with Crippen LogP contribution in [0.2, 0.25) is 0 Å². The van der Waals surface area contributed by atoms with E-state index in [1.807, 2.05) is 13.8 Å². The smallest absolute Gasteiger partial charge is 0.263 e. The largest absolute Gasteiger partial charge is 0.365 e. The number of hydrogen-bond donors (Lipinski definition) is 2. The highest BCUT2D eigenvalue weighted by Gasteiger charge is 2.30. The fourth-order valence-electron chi connectivity index (χ4n) is 2.43. The molecule has 0 aromatic heterocycles. The van der Waals surface area contributed by atoms with Crippen molar-refractivity contribution >= 4 is 5.91 Å². The minimum Gasteiger partial charge on any atom is -0.365 e. The molecule has 100 valence electrons. The molecule has 0 heterocycles. The number of rotatable bonds is 4. The van der Waals surface area contributed by atoms with Crippen LogP contribution < -0.4 is 11.3 Å². The van der Waals surface area contributed by atoms with Crippen molar-refractivity contribution in [3.8, 4) is 0 Å². The van der Waals surface area contributed by atoms with Crippen molar-refractivity contribution in [2.75, 3.05) is 0 Å². The van der Waals surface area contributed by atoms with Gasteiger partial charge in [0, 0.05) is 0 Å². The second-order valence-corrected chi connectivity index (χ2v) is 5.70. The van der Waals surface area contributed by atoms with E-state index in [0.29, 0.717) is 5.92 Å². The SMILES string of the molecule is CC(C)C(OC1CCC(C)C(C)C1)C(=O)NN. The van der Waals surface area contributed by atoms with Gasteiger partial charge in [-0.25, -0.2) is 5.84 Å². The molecular weight excluding hydrogens is 216 g/mol. The second-order valence-electron chi connectivity index (χ2n) is 5.70. The maximum absolute atomic E-state index is 11.6. The fourth-order valence-corrected chi connectivity index (χ4v) is 2.43. The number of hydrogen-bond acceptors (Lipinski definition) is 3. The zero-order valence-corrected chi connectivity index (χ0v) is 11.4. The number of amides is 1. The molecule has 1 aliphatic carbocycles. The maximum Gasteiger partial charge on any atom is 0.263 e. The van der Waals surface area contributed by atoms with E-state index in [4.69, 9.17) is 10.6 Å². The molecule has 1 rings (SSSR count). The number of carbonyl (C=O) groups is 1. The van der Waals surface area contributed by atoms with Crippen LogP contribution in [0.25, 0.3) is 0 Å². The quantitative estimate of drug-likeness (QED) is 0.449. The Bertz CT molecular complexity index is 256. The van der Waals surface area contributed by atoms with Crippen molar-refractivity contribution in [2.24, 2.45) is 23.6 Å². The summed E-state index contributed by atoms with van der Waals surface area (Å²) in [4.78, 5) is 11.6. The van der Waals surface area contributed by atoms with Gasteiger partial charge >= 0.3 is 0 Å². The van der Waals surface area contributed by atoms with Crippen LogP contribution in [0, 0.1) is 17.8 Å². The van der Waals surface area contributed by atoms with Crippen LogP contribution in [0.4, 0.5) is 0 Å². The van der Waals surface area contributed by atoms with E-state index in [-0.39, 0.29) is 17.9 Å². The van der Waals surface area contributed by atoms with Gasteiger partial charge in [-0.05, 0) is 37.0 Å². The third-order valence-corrected chi connectivity index (χ3v) is 3.90. The summed E-state index contributed by atoms with van der Waals surface area (Å²) in [6, 6.07) is 0. The van der Waals surface area contributed by atoms with E-state index >= 15 is 0 Å². The highest BCUT2D eigenvalue weighted by atomic mass is 16.5. The maximum atomic E-state index is 11.6. The zero-order chi connectivity index (χ0) is 13.0. The van der Waals surface area contributed by atoms with Crippen molar-refractivity contribution in [3.63, 3.8) is 0 Å². The van der Waals surface area contributed by atoms with Crippen LogP contribution in [-0.4, -0.2) is 18.1 Å². The Hall–Kier alpha value is -0.610. The van der Waals surface area contributed by atoms with Crippen molar-refractivity contribution in [1.29, 1.82) is 0 Å². The average Bonchev–Trinajstić information content (AvgIpc) is 2.29. The van der Waals surface area contributed by atoms with Gasteiger partial charge in [0.2, 0.25) is 0 Å². The molecule has 1 saturated carbocycles. The second kappa shape index (κ2) is 6.36. The van der Waals surface area contributed by atoms with E-state index < -0.39 is 6.10 Å². The number of nitrogens with one attached hydrogen (secondary N) is 1. The summed E-state index contributed by atoms with van der Waals surface area (Å²) in [6.07, 6.45) is 3.05. The summed E-state index contributed by atoms with van der Waals surface area (Å²) in [7, 11) is 0. The van der Waals surface area contributed by atoms with Crippen LogP contribution in [0.1, 0.15) is 47.0 Å². The van der Waals surface area contributed by atoms with Gasteiger partial charge in [-0.3, -0.25) is 10.2 Å². The summed E-state index contributed by atoms with van der Waals surface area (Å²) in [5.74, 6) is 6.54. The molecule has 4 nitrogen and oxygen atoms in total. The summed E-state index contributed by atoms with van der Waals surface area (Å²) in [6.45, 7) is 8.50. The number of carbonyl (C=O) groups excluding carboxylic acids is 1. The lowest BCUT2D eigenvalue weighted by molar-refractivity contribution is -0.143. The Morgan fingerprint density at radius 2 is 1.94 bits per heavy atom. The predicted octanol–water partition coefficient (Wildman–Crippen LogP) is 1.84. The molecule has 4 unspecified atom stereocenters. The van der Waals surface area contributed by atoms with Gasteiger partial charge in [0.25, 0.3) is 5.91 Å². The first kappa shape index (κ1) is 14.5. The minimum atomic E-state index is -0.425. The lowest BCUT2D eigenvalue weighted by Gasteiger charge is -2.34. The monoisotopic (exact) mass is 242 g/mol. The van der Waals surface area contributed by atoms with E-state index in [9.17, 15) is 4.79 Å². The van der Waals surface area contributed by atoms with Crippen LogP contribution in [-0.2, 0) is 9.53 Å². The normalized spacial score (nSPS) is 31.3. The molecule has 17 heavy (non-hydrogen) atoms. The number of hydrazine groups is 1. The van der Waals surface area contributed by atoms with E-state index in [2.05, 4.69) is 19.3 Å². The van der Waals surface area contributed by atoms with Crippen molar-refractivity contribution in [1.82, 2.24) is 5.43 Å². The Morgan fingerprint density at radius 1 is 1.29 bits per heavy atom. The Morgan fingerprint density at radius 3 is 2.41 bits per heavy atom. The molecule has 0 radical (unpaired) electrons. The summed E-state index contributed by atoms with van der Waals surface area (Å²) in [5.41, 5.74) is 2.19. The molecule has 4 heteroatoms. The fraction of sp³-hybridized carbons (Fsp3) is 0.923. The number of ether oxygens (including phenoxy) is 1. The third-order valence-electron chi connectivity index (χ3n) is 3.90. The van der Waals surface area contributed by atoms with Gasteiger partial charge in [-0.2, -0.15) is 0 Å². The Labute approximate surface area is 104 Å². The Balaban J connectivity index is 2.53. The molecular formula is C13H26N2O2. The minimum absolute atomic E-state index is 0.146. The van der Waals surface area contributed by atoms with Crippen LogP contribution in [0.5, 0.6) is 0 Å². The standard InChI is InChI=1S/C13H26N2O2/c1-8(2)12(13(16)15-14)17-11-6-5-9(3)10(4)7-11/h8-12H,5-7,14H2,1-4H3,(H,15,16). The van der Waals surface area contributed by atoms with E-state index in [0.717, 1.165) is 18.8 Å². The molecule has 0 aromatic rings. The van der Waals surface area contributed by atoms with Crippen LogP contribution in [0.3, 0.4) is 0 Å². The average molecular weight is 242 g/mol. The summed E-state index contributed by atoms with van der Waals surface area (Å²) >= 11 is 0. The molecule has 1 fully saturated rings. The topological polar surface area (TPSA) is 64.3 Å². The molecule has 1 aliphatic rings. The molecule has 0 spiro atoms. The van der Waals surface area contributed by atoms with Gasteiger partial charge in [0.1, 0.15) is 6.10 Å². The van der Waals surface area contributed by atoms with Gasteiger partial charge < -0.3 is 4.74 Å². The summed E-state index contributed by atoms with van der Waals surface area (Å²) < 4.78 is 5.93. The highest BCUT2D eigenvalue weighted by Crippen LogP contribution is 2.32. The molecule has 0 saturated heterocycles. The first-order valence-corrected chi connectivity index (χ1v) is 6.61. The zero-order valence-electron chi connectivity index (χ0n) is 11.4. The molecule has 0 bridgehead atoms. The van der Waals surface area contributed by atoms with Gasteiger partial charge in [-0.1, -0.05) is 27.7 Å². The van der Waals surface area contributed by atoms with Crippen LogP contribution in [0.15, 0.2) is 0 Å². The highest BCUT2D eigenvalue weighted by molar-refractivity contribution is 5.80. The van der Waals surface area contributed by atoms with Gasteiger partial charge in [0.05, 0.1) is 6.10 Å². The van der Waals surface area contributed by atoms with Crippen molar-refractivity contribution < 1.29 is 9.53 Å². The van der Waals surface area contributed by atoms with Crippen LogP contribution >= 0.6 is 0 Å². The summed E-state index contributed by atoms with van der Waals surface area (Å²) in [5, 5.41) is 0. The van der Waals surface area contributed by atoms with Crippen molar-refractivity contribution in [2.45, 2.75) is 59.2 Å². The molecule has 0 aliphatic heterocycles. The predicted molar refractivity (Wildman–Crippen MR) is 68.0 cm³/mol. The molecule has 1 amide bonds. The molecule has 0 aromatic carbocycles. The van der Waals surface area contributed by atoms with E-state index in [1.165, 1.54) is 6.42 Å². The lowest BCUT2D eigenvalue weighted by Crippen LogP contribution is -2.45. The molecule has 4 atom stereocenters. The first-order valence-electron chi connectivity index (χ1n) is 6.61. The first-order chi connectivity index (χ1) is 7.95. The van der Waals surface area contributed by atoms with E-state index in [1.54, 1.807) is 0 Å². The number of nitrogens with two attached hydrogens (primary N) is 1. The van der Waals surface area contributed by atoms with Crippen molar-refractivity contribution in [3.05, 3.63) is 0 Å². The van der Waals surface area contributed by atoms with Gasteiger partial charge in [-0.15, -0.1) is 0 Å². The lowest BCUT2D eigenvalue weighted by atomic mass is 9.80. The van der Waals surface area contributed by atoms with Gasteiger partial charge in [0.15, 0.2) is 0 Å². The molecule has 3 N–H and O–H groups in total. The third kappa shape index (κ3) is 3.96.